The summed E-state index contributed by atoms with van der Waals surface area (Å²) in [6.07, 6.45) is 5.60. The number of pyridine rings is 1. The molecule has 1 aliphatic rings. The van der Waals surface area contributed by atoms with Gasteiger partial charge < -0.3 is 10.5 Å². The van der Waals surface area contributed by atoms with E-state index < -0.39 is 0 Å². The Morgan fingerprint density at radius 2 is 2.10 bits per heavy atom. The summed E-state index contributed by atoms with van der Waals surface area (Å²) in [7, 11) is 1.62. The van der Waals surface area contributed by atoms with Crippen LogP contribution in [0.1, 0.15) is 44.7 Å². The van der Waals surface area contributed by atoms with E-state index in [1.54, 1.807) is 7.11 Å². The summed E-state index contributed by atoms with van der Waals surface area (Å²) in [6, 6.07) is 5.08. The molecule has 0 radical (unpaired) electrons. The Balaban J connectivity index is 2.07. The molecular formula is C15H26N4O. The maximum Gasteiger partial charge on any atom is 0.212 e. The molecule has 5 heteroatoms. The van der Waals surface area contributed by atoms with Gasteiger partial charge in [-0.05, 0) is 32.3 Å². The second kappa shape index (κ2) is 7.02. The largest absolute Gasteiger partial charge is 0.481 e. The van der Waals surface area contributed by atoms with Crippen LogP contribution < -0.4 is 15.9 Å². The second-order valence-electron chi connectivity index (χ2n) is 5.59. The molecule has 3 N–H and O–H groups in total. The van der Waals surface area contributed by atoms with Crippen LogP contribution in [0, 0.1) is 0 Å². The fraction of sp³-hybridized carbons (Fsp3) is 0.667. The van der Waals surface area contributed by atoms with E-state index in [1.165, 1.54) is 19.3 Å². The average Bonchev–Trinajstić information content (AvgIpc) is 2.47. The van der Waals surface area contributed by atoms with Crippen molar-refractivity contribution in [2.24, 2.45) is 5.73 Å². The number of ether oxygens (including phenoxy) is 1. The summed E-state index contributed by atoms with van der Waals surface area (Å²) >= 11 is 0. The molecule has 0 aromatic carbocycles. The first-order valence-electron chi connectivity index (χ1n) is 7.40. The molecule has 2 rings (SSSR count). The van der Waals surface area contributed by atoms with Crippen LogP contribution in [0.4, 0.5) is 0 Å². The first-order valence-corrected chi connectivity index (χ1v) is 7.40. The molecule has 5 nitrogen and oxygen atoms in total. The van der Waals surface area contributed by atoms with Crippen LogP contribution in [0.2, 0.25) is 0 Å². The van der Waals surface area contributed by atoms with Crippen molar-refractivity contribution in [3.63, 3.8) is 0 Å². The van der Waals surface area contributed by atoms with Crippen LogP contribution in [0.25, 0.3) is 0 Å². The minimum absolute atomic E-state index is 0.0939. The number of piperidine rings is 1. The molecule has 1 aliphatic heterocycles. The molecule has 1 saturated heterocycles. The standard InChI is InChI=1S/C15H26N4O/c1-11-5-4-6-12(2)19(11)18-14(9-16)13-7-8-15(20-3)17-10-13/h7-8,10-12,14,18H,4-6,9,16H2,1-3H3. The molecule has 1 fully saturated rings. The van der Waals surface area contributed by atoms with Gasteiger partial charge in [-0.3, -0.25) is 0 Å². The van der Waals surface area contributed by atoms with Gasteiger partial charge in [0.1, 0.15) is 0 Å². The van der Waals surface area contributed by atoms with Crippen LogP contribution in [-0.2, 0) is 0 Å². The zero-order valence-electron chi connectivity index (χ0n) is 12.7. The maximum atomic E-state index is 5.94. The topological polar surface area (TPSA) is 63.4 Å². The van der Waals surface area contributed by atoms with Gasteiger partial charge in [0, 0.05) is 30.9 Å². The van der Waals surface area contributed by atoms with Gasteiger partial charge in [0.15, 0.2) is 0 Å². The summed E-state index contributed by atoms with van der Waals surface area (Å²) in [6.45, 7) is 5.08. The minimum atomic E-state index is 0.0939. The van der Waals surface area contributed by atoms with Crippen molar-refractivity contribution in [3.8, 4) is 5.88 Å². The summed E-state index contributed by atoms with van der Waals surface area (Å²) in [4.78, 5) is 4.26. The molecule has 0 amide bonds. The second-order valence-corrected chi connectivity index (χ2v) is 5.59. The van der Waals surface area contributed by atoms with E-state index in [1.807, 2.05) is 18.3 Å². The lowest BCUT2D eigenvalue weighted by Crippen LogP contribution is -2.54. The number of hydrogen-bond donors (Lipinski definition) is 2. The summed E-state index contributed by atoms with van der Waals surface area (Å²) in [5.74, 6) is 0.629. The van der Waals surface area contributed by atoms with E-state index in [-0.39, 0.29) is 6.04 Å². The number of nitrogens with zero attached hydrogens (tertiary/aromatic N) is 2. The van der Waals surface area contributed by atoms with Crippen LogP contribution in [0.3, 0.4) is 0 Å². The van der Waals surface area contributed by atoms with E-state index >= 15 is 0 Å². The van der Waals surface area contributed by atoms with Crippen molar-refractivity contribution in [2.75, 3.05) is 13.7 Å². The average molecular weight is 278 g/mol. The fourth-order valence-electron chi connectivity index (χ4n) is 2.84. The third kappa shape index (κ3) is 3.48. The normalized spacial score (nSPS) is 25.4. The highest BCUT2D eigenvalue weighted by Gasteiger charge is 2.26. The fourth-order valence-corrected chi connectivity index (χ4v) is 2.84. The van der Waals surface area contributed by atoms with E-state index in [0.717, 1.165) is 5.56 Å². The van der Waals surface area contributed by atoms with Crippen molar-refractivity contribution >= 4 is 0 Å². The van der Waals surface area contributed by atoms with Gasteiger partial charge >= 0.3 is 0 Å². The molecule has 1 aromatic rings. The SMILES string of the molecule is COc1ccc(C(CN)NN2C(C)CCCC2C)cn1. The van der Waals surface area contributed by atoms with Crippen molar-refractivity contribution in [1.82, 2.24) is 15.4 Å². The van der Waals surface area contributed by atoms with Crippen LogP contribution >= 0.6 is 0 Å². The number of nitrogens with two attached hydrogens (primary N) is 1. The molecule has 20 heavy (non-hydrogen) atoms. The molecule has 3 atom stereocenters. The van der Waals surface area contributed by atoms with Crippen molar-refractivity contribution in [1.29, 1.82) is 0 Å². The van der Waals surface area contributed by atoms with Crippen LogP contribution in [0.5, 0.6) is 5.88 Å². The molecule has 0 aliphatic carbocycles. The smallest absolute Gasteiger partial charge is 0.212 e. The first-order chi connectivity index (χ1) is 9.65. The molecule has 3 unspecified atom stereocenters. The summed E-state index contributed by atoms with van der Waals surface area (Å²) in [5, 5.41) is 2.35. The Bertz CT molecular complexity index is 399. The number of nitrogens with one attached hydrogen (secondary N) is 1. The zero-order chi connectivity index (χ0) is 14.5. The highest BCUT2D eigenvalue weighted by Crippen LogP contribution is 2.23. The third-order valence-electron chi connectivity index (χ3n) is 4.10. The van der Waals surface area contributed by atoms with E-state index in [9.17, 15) is 0 Å². The molecule has 0 spiro atoms. The quantitative estimate of drug-likeness (QED) is 0.860. The Morgan fingerprint density at radius 1 is 1.40 bits per heavy atom. The monoisotopic (exact) mass is 278 g/mol. The Hall–Kier alpha value is -1.17. The van der Waals surface area contributed by atoms with Crippen molar-refractivity contribution in [2.45, 2.75) is 51.2 Å². The Morgan fingerprint density at radius 3 is 2.60 bits per heavy atom. The minimum Gasteiger partial charge on any atom is -0.481 e. The van der Waals surface area contributed by atoms with Crippen LogP contribution in [-0.4, -0.2) is 35.7 Å². The number of methoxy groups -OCH3 is 1. The Labute approximate surface area is 121 Å². The van der Waals surface area contributed by atoms with Crippen molar-refractivity contribution < 1.29 is 4.74 Å². The predicted molar refractivity (Wildman–Crippen MR) is 80.3 cm³/mol. The lowest BCUT2D eigenvalue weighted by atomic mass is 9.99. The van der Waals surface area contributed by atoms with Gasteiger partial charge in [-0.2, -0.15) is 0 Å². The van der Waals surface area contributed by atoms with Crippen LogP contribution in [0.15, 0.2) is 18.3 Å². The summed E-state index contributed by atoms with van der Waals surface area (Å²) < 4.78 is 5.09. The Kier molecular flexibility index (Phi) is 5.34. The molecule has 2 heterocycles. The van der Waals surface area contributed by atoms with Gasteiger partial charge in [0.05, 0.1) is 13.2 Å². The number of rotatable bonds is 5. The van der Waals surface area contributed by atoms with Gasteiger partial charge in [-0.25, -0.2) is 15.4 Å². The number of hydrazine groups is 1. The highest BCUT2D eigenvalue weighted by molar-refractivity contribution is 5.21. The lowest BCUT2D eigenvalue weighted by molar-refractivity contribution is 0.0304. The van der Waals surface area contributed by atoms with E-state index in [0.29, 0.717) is 24.5 Å². The third-order valence-corrected chi connectivity index (χ3v) is 4.10. The van der Waals surface area contributed by atoms with E-state index in [2.05, 4.69) is 29.3 Å². The molecule has 0 saturated carbocycles. The van der Waals surface area contributed by atoms with E-state index in [4.69, 9.17) is 10.5 Å². The van der Waals surface area contributed by atoms with Gasteiger partial charge in [0.2, 0.25) is 5.88 Å². The maximum absolute atomic E-state index is 5.94. The van der Waals surface area contributed by atoms with Gasteiger partial charge in [-0.15, -0.1) is 0 Å². The molecule has 112 valence electrons. The molecule has 0 bridgehead atoms. The molecule has 1 aromatic heterocycles. The lowest BCUT2D eigenvalue weighted by Gasteiger charge is -2.41. The predicted octanol–water partition coefficient (Wildman–Crippen LogP) is 1.86. The summed E-state index contributed by atoms with van der Waals surface area (Å²) in [5.41, 5.74) is 10.6. The number of hydrogen-bond acceptors (Lipinski definition) is 5. The molecular weight excluding hydrogens is 252 g/mol. The first kappa shape index (κ1) is 15.2. The number of aromatic nitrogens is 1. The van der Waals surface area contributed by atoms with Crippen molar-refractivity contribution in [3.05, 3.63) is 23.9 Å². The zero-order valence-corrected chi connectivity index (χ0v) is 12.7. The highest BCUT2D eigenvalue weighted by atomic mass is 16.5. The van der Waals surface area contributed by atoms with Gasteiger partial charge in [0.25, 0.3) is 0 Å². The van der Waals surface area contributed by atoms with Gasteiger partial charge in [-0.1, -0.05) is 12.5 Å².